The Bertz CT molecular complexity index is 974. The summed E-state index contributed by atoms with van der Waals surface area (Å²) < 4.78 is 10.0. The quantitative estimate of drug-likeness (QED) is 0.229. The van der Waals surface area contributed by atoms with E-state index in [-0.39, 0.29) is 6.04 Å². The number of carbonyl (C=O) groups is 3. The van der Waals surface area contributed by atoms with Gasteiger partial charge in [-0.15, -0.1) is 0 Å². The zero-order chi connectivity index (χ0) is 27.5. The molecule has 2 N–H and O–H groups in total. The predicted molar refractivity (Wildman–Crippen MR) is 147 cm³/mol. The summed E-state index contributed by atoms with van der Waals surface area (Å²) in [6.07, 6.45) is 5.83. The number of piperidine rings is 1. The van der Waals surface area contributed by atoms with E-state index in [0.29, 0.717) is 47.7 Å². The minimum atomic E-state index is -0.468. The summed E-state index contributed by atoms with van der Waals surface area (Å²) in [5.41, 5.74) is 3.65. The highest BCUT2D eigenvalue weighted by molar-refractivity contribution is 5.97. The molecular weight excluding hydrogens is 482 g/mol. The maximum absolute atomic E-state index is 12.6. The molecule has 1 aromatic rings. The molecule has 1 unspecified atom stereocenters. The Labute approximate surface area is 226 Å². The maximum atomic E-state index is 12.6. The molecule has 38 heavy (non-hydrogen) atoms. The molecule has 0 saturated carbocycles. The van der Waals surface area contributed by atoms with Gasteiger partial charge in [0.05, 0.1) is 25.4 Å². The smallest absolute Gasteiger partial charge is 0.336 e. The van der Waals surface area contributed by atoms with Crippen molar-refractivity contribution in [2.24, 2.45) is 5.92 Å². The lowest BCUT2D eigenvalue weighted by Gasteiger charge is -2.32. The molecular formula is C30H43N3O5. The number of benzene rings is 1. The number of allylic oxidation sites excluding steroid dienone is 2. The third-order valence-corrected chi connectivity index (χ3v) is 7.82. The van der Waals surface area contributed by atoms with Gasteiger partial charge in [-0.25, -0.2) is 9.59 Å². The first-order valence-corrected chi connectivity index (χ1v) is 13.7. The van der Waals surface area contributed by atoms with Crippen LogP contribution in [0.4, 0.5) is 0 Å². The highest BCUT2D eigenvalue weighted by Crippen LogP contribution is 2.35. The van der Waals surface area contributed by atoms with E-state index in [1.54, 1.807) is 13.8 Å². The number of aldehydes is 1. The Morgan fingerprint density at radius 2 is 1.66 bits per heavy atom. The highest BCUT2D eigenvalue weighted by atomic mass is 16.5. The molecule has 0 aromatic heterocycles. The Hall–Kier alpha value is -2.97. The average Bonchev–Trinajstić information content (AvgIpc) is 2.93. The van der Waals surface area contributed by atoms with E-state index < -0.39 is 17.9 Å². The van der Waals surface area contributed by atoms with Crippen molar-refractivity contribution in [2.45, 2.75) is 64.3 Å². The van der Waals surface area contributed by atoms with E-state index in [0.717, 1.165) is 38.9 Å². The normalized spacial score (nSPS) is 18.2. The van der Waals surface area contributed by atoms with Crippen molar-refractivity contribution >= 4 is 18.2 Å². The number of esters is 2. The van der Waals surface area contributed by atoms with E-state index in [9.17, 15) is 14.4 Å². The minimum Gasteiger partial charge on any atom is -0.466 e. The lowest BCUT2D eigenvalue weighted by molar-refractivity contribution is -0.137. The van der Waals surface area contributed by atoms with Crippen LogP contribution < -0.4 is 10.6 Å². The molecule has 1 atom stereocenters. The fourth-order valence-corrected chi connectivity index (χ4v) is 5.79. The number of nitrogens with zero attached hydrogens (tertiary/aromatic N) is 1. The SMILES string of the molecule is COC(=O)C1=C(C)NC(C)=C(C(=O)OC)C1CCC(CC=O)NCCCN1CCC(c2ccccc2)CC1. The Kier molecular flexibility index (Phi) is 11.5. The summed E-state index contributed by atoms with van der Waals surface area (Å²) >= 11 is 0. The summed E-state index contributed by atoms with van der Waals surface area (Å²) in [6, 6.07) is 10.7. The van der Waals surface area contributed by atoms with Gasteiger partial charge in [-0.2, -0.15) is 0 Å². The number of rotatable bonds is 13. The molecule has 1 aromatic carbocycles. The topological polar surface area (TPSA) is 97.0 Å². The van der Waals surface area contributed by atoms with Gasteiger partial charge < -0.3 is 29.8 Å². The number of hydrogen-bond donors (Lipinski definition) is 2. The van der Waals surface area contributed by atoms with Crippen molar-refractivity contribution in [1.29, 1.82) is 0 Å². The number of likely N-dealkylation sites (tertiary alicyclic amines) is 1. The van der Waals surface area contributed by atoms with Gasteiger partial charge in [0, 0.05) is 29.8 Å². The Balaban J connectivity index is 1.51. The second kappa shape index (κ2) is 14.8. The largest absolute Gasteiger partial charge is 0.466 e. The fourth-order valence-electron chi connectivity index (χ4n) is 5.79. The minimum absolute atomic E-state index is 0.0374. The molecule has 8 nitrogen and oxygen atoms in total. The van der Waals surface area contributed by atoms with Gasteiger partial charge in [-0.05, 0) is 83.6 Å². The summed E-state index contributed by atoms with van der Waals surface area (Å²) in [5, 5.41) is 6.65. The molecule has 2 aliphatic heterocycles. The van der Waals surface area contributed by atoms with Crippen LogP contribution in [0.3, 0.4) is 0 Å². The third-order valence-electron chi connectivity index (χ3n) is 7.82. The van der Waals surface area contributed by atoms with Crippen LogP contribution in [-0.4, -0.2) is 69.6 Å². The van der Waals surface area contributed by atoms with Crippen LogP contribution in [0.2, 0.25) is 0 Å². The van der Waals surface area contributed by atoms with Gasteiger partial charge in [-0.1, -0.05) is 30.3 Å². The van der Waals surface area contributed by atoms with E-state index in [2.05, 4.69) is 45.9 Å². The van der Waals surface area contributed by atoms with E-state index in [1.807, 2.05) is 0 Å². The second-order valence-electron chi connectivity index (χ2n) is 10.2. The molecule has 2 heterocycles. The number of hydrogen-bond acceptors (Lipinski definition) is 8. The van der Waals surface area contributed by atoms with Gasteiger partial charge >= 0.3 is 11.9 Å². The average molecular weight is 526 g/mol. The van der Waals surface area contributed by atoms with Gasteiger partial charge in [0.15, 0.2) is 0 Å². The highest BCUT2D eigenvalue weighted by Gasteiger charge is 2.36. The first-order chi connectivity index (χ1) is 18.4. The first kappa shape index (κ1) is 29.6. The summed E-state index contributed by atoms with van der Waals surface area (Å²) in [6.45, 7) is 7.66. The van der Waals surface area contributed by atoms with Crippen LogP contribution in [-0.2, 0) is 23.9 Å². The molecule has 2 aliphatic rings. The van der Waals surface area contributed by atoms with Gasteiger partial charge in [0.2, 0.25) is 0 Å². The van der Waals surface area contributed by atoms with Gasteiger partial charge in [0.1, 0.15) is 6.29 Å². The number of ether oxygens (including phenoxy) is 2. The van der Waals surface area contributed by atoms with Crippen molar-refractivity contribution in [3.8, 4) is 0 Å². The molecule has 8 heteroatoms. The summed E-state index contributed by atoms with van der Waals surface area (Å²) in [4.78, 5) is 39.2. The lowest BCUT2D eigenvalue weighted by Crippen LogP contribution is -2.37. The number of nitrogens with one attached hydrogen (secondary N) is 2. The van der Waals surface area contributed by atoms with Crippen LogP contribution in [0.25, 0.3) is 0 Å². The lowest BCUT2D eigenvalue weighted by atomic mass is 9.81. The number of dihydropyridines is 1. The van der Waals surface area contributed by atoms with Crippen molar-refractivity contribution in [3.05, 3.63) is 58.4 Å². The number of carbonyl (C=O) groups excluding carboxylic acids is 3. The van der Waals surface area contributed by atoms with Gasteiger partial charge in [-0.3, -0.25) is 0 Å². The van der Waals surface area contributed by atoms with Crippen molar-refractivity contribution < 1.29 is 23.9 Å². The van der Waals surface area contributed by atoms with Crippen LogP contribution in [0.5, 0.6) is 0 Å². The summed E-state index contributed by atoms with van der Waals surface area (Å²) in [5.74, 6) is -0.745. The van der Waals surface area contributed by atoms with Gasteiger partial charge in [0.25, 0.3) is 0 Å². The van der Waals surface area contributed by atoms with Crippen molar-refractivity contribution in [1.82, 2.24) is 15.5 Å². The summed E-state index contributed by atoms with van der Waals surface area (Å²) in [7, 11) is 2.67. The molecule has 1 saturated heterocycles. The maximum Gasteiger partial charge on any atom is 0.336 e. The molecule has 1 fully saturated rings. The Morgan fingerprint density at radius 3 is 2.21 bits per heavy atom. The number of methoxy groups -OCH3 is 2. The zero-order valence-corrected chi connectivity index (χ0v) is 23.3. The fraction of sp³-hybridized carbons (Fsp3) is 0.567. The van der Waals surface area contributed by atoms with Crippen LogP contribution >= 0.6 is 0 Å². The monoisotopic (exact) mass is 525 g/mol. The molecule has 0 radical (unpaired) electrons. The molecule has 0 bridgehead atoms. The molecule has 0 amide bonds. The zero-order valence-electron chi connectivity index (χ0n) is 23.3. The molecule has 0 aliphatic carbocycles. The molecule has 208 valence electrons. The third kappa shape index (κ3) is 7.77. The van der Waals surface area contributed by atoms with E-state index in [4.69, 9.17) is 9.47 Å². The van der Waals surface area contributed by atoms with Crippen LogP contribution in [0.15, 0.2) is 52.9 Å². The van der Waals surface area contributed by atoms with Crippen LogP contribution in [0.1, 0.15) is 63.9 Å². The van der Waals surface area contributed by atoms with Crippen molar-refractivity contribution in [3.63, 3.8) is 0 Å². The molecule has 0 spiro atoms. The van der Waals surface area contributed by atoms with Crippen LogP contribution in [0, 0.1) is 5.92 Å². The van der Waals surface area contributed by atoms with E-state index in [1.165, 1.54) is 32.6 Å². The Morgan fingerprint density at radius 1 is 1.05 bits per heavy atom. The van der Waals surface area contributed by atoms with E-state index >= 15 is 0 Å². The first-order valence-electron chi connectivity index (χ1n) is 13.7. The standard InChI is InChI=1S/C30H43N3O5/c1-21-27(29(35)37-3)26(28(22(2)32-21)30(36)38-4)12-11-25(15-20-34)31-16-8-17-33-18-13-24(14-19-33)23-9-6-5-7-10-23/h5-7,9-10,20,24-26,31-32H,8,11-19H2,1-4H3. The molecule has 3 rings (SSSR count). The van der Waals surface area contributed by atoms with Crippen molar-refractivity contribution in [2.75, 3.05) is 40.4 Å². The second-order valence-corrected chi connectivity index (χ2v) is 10.2. The predicted octanol–water partition coefficient (Wildman–Crippen LogP) is 3.70.